The number of hydrogen-bond donors (Lipinski definition) is 3. The number of rotatable bonds is 6. The molecule has 3 N–H and O–H groups in total. The molecule has 0 saturated carbocycles. The molecular formula is C33H30ClF2N7O2. The highest BCUT2D eigenvalue weighted by Gasteiger charge is 2.41. The molecular weight excluding hydrogens is 600 g/mol. The van der Waals surface area contributed by atoms with E-state index < -0.39 is 17.2 Å². The number of aliphatic imine (C=N–C) groups is 1. The number of aromatic nitrogens is 2. The molecule has 9 nitrogen and oxygen atoms in total. The standard InChI is InChI=1S/C33H30ClF2N7O2/c1-37-31(45)33(38-2)13-4-14-43(18-33)30(44)19-7-10-22(11-8-19)41-32-40-17-20-16-39-29(27-25(35)5-3-6-26(27)36)24-15-21(34)9-12-23(24)28(20)42-32/h3,5-12,15,17,38H,4,13-14,16,18H2,1-2H3,(H,37,45)(H,40,41,42). The fraction of sp³-hybridized carbons (Fsp3) is 0.242. The van der Waals surface area contributed by atoms with Crippen molar-refractivity contribution in [2.45, 2.75) is 24.9 Å². The van der Waals surface area contributed by atoms with E-state index in [9.17, 15) is 18.4 Å². The Morgan fingerprint density at radius 1 is 1.00 bits per heavy atom. The number of fused-ring (bicyclic) bond motifs is 3. The van der Waals surface area contributed by atoms with Gasteiger partial charge in [-0.15, -0.1) is 0 Å². The molecule has 1 saturated heterocycles. The smallest absolute Gasteiger partial charge is 0.253 e. The topological polar surface area (TPSA) is 112 Å². The lowest BCUT2D eigenvalue weighted by molar-refractivity contribution is -0.128. The molecule has 2 amide bonds. The second kappa shape index (κ2) is 12.3. The van der Waals surface area contributed by atoms with Crippen LogP contribution in [-0.4, -0.2) is 65.1 Å². The van der Waals surface area contributed by atoms with Gasteiger partial charge in [0.05, 0.1) is 23.5 Å². The van der Waals surface area contributed by atoms with Crippen LogP contribution in [0.2, 0.25) is 5.02 Å². The molecule has 2 aliphatic rings. The van der Waals surface area contributed by atoms with Crippen LogP contribution >= 0.6 is 11.6 Å². The first-order valence-corrected chi connectivity index (χ1v) is 14.8. The van der Waals surface area contributed by atoms with E-state index in [0.717, 1.165) is 0 Å². The third kappa shape index (κ3) is 5.76. The number of likely N-dealkylation sites (tertiary alicyclic amines) is 1. The van der Waals surface area contributed by atoms with E-state index in [1.54, 1.807) is 67.7 Å². The van der Waals surface area contributed by atoms with E-state index in [1.165, 1.54) is 18.2 Å². The van der Waals surface area contributed by atoms with Gasteiger partial charge in [-0.05, 0) is 68.4 Å². The number of benzene rings is 3. The second-order valence-corrected chi connectivity index (χ2v) is 11.4. The molecule has 0 spiro atoms. The van der Waals surface area contributed by atoms with Gasteiger partial charge in [0, 0.05) is 59.3 Å². The second-order valence-electron chi connectivity index (χ2n) is 11.0. The Morgan fingerprint density at radius 2 is 1.76 bits per heavy atom. The number of carbonyl (C=O) groups excluding carboxylic acids is 2. The molecule has 0 bridgehead atoms. The van der Waals surface area contributed by atoms with Gasteiger partial charge in [-0.3, -0.25) is 14.6 Å². The first kappa shape index (κ1) is 30.3. The summed E-state index contributed by atoms with van der Waals surface area (Å²) in [5.41, 5.74) is 2.51. The quantitative estimate of drug-likeness (QED) is 0.273. The van der Waals surface area contributed by atoms with Gasteiger partial charge in [0.1, 0.15) is 17.2 Å². The van der Waals surface area contributed by atoms with Crippen LogP contribution in [0.15, 0.2) is 71.9 Å². The van der Waals surface area contributed by atoms with Crippen LogP contribution in [-0.2, 0) is 11.3 Å². The Hall–Kier alpha value is -4.74. The zero-order chi connectivity index (χ0) is 31.7. The molecule has 4 aromatic rings. The number of halogens is 3. The number of amides is 2. The Bertz CT molecular complexity index is 1810. The Kier molecular flexibility index (Phi) is 8.30. The summed E-state index contributed by atoms with van der Waals surface area (Å²) in [6, 6.07) is 15.7. The molecule has 6 rings (SSSR count). The van der Waals surface area contributed by atoms with Crippen molar-refractivity contribution >= 4 is 40.8 Å². The van der Waals surface area contributed by atoms with E-state index in [1.807, 2.05) is 0 Å². The maximum atomic E-state index is 14.8. The molecule has 0 radical (unpaired) electrons. The van der Waals surface area contributed by atoms with Crippen molar-refractivity contribution in [1.29, 1.82) is 0 Å². The Morgan fingerprint density at radius 3 is 2.47 bits per heavy atom. The molecule has 2 aliphatic heterocycles. The van der Waals surface area contributed by atoms with Gasteiger partial charge >= 0.3 is 0 Å². The summed E-state index contributed by atoms with van der Waals surface area (Å²) < 4.78 is 29.7. The zero-order valence-electron chi connectivity index (χ0n) is 24.6. The summed E-state index contributed by atoms with van der Waals surface area (Å²) in [7, 11) is 3.32. The van der Waals surface area contributed by atoms with Crippen LogP contribution in [0.5, 0.6) is 0 Å². The Labute approximate surface area is 263 Å². The monoisotopic (exact) mass is 629 g/mol. The highest BCUT2D eigenvalue weighted by molar-refractivity contribution is 6.31. The number of hydrogen-bond acceptors (Lipinski definition) is 7. The van der Waals surface area contributed by atoms with E-state index in [2.05, 4.69) is 25.9 Å². The number of piperidine rings is 1. The van der Waals surface area contributed by atoms with Crippen LogP contribution in [0, 0.1) is 11.6 Å². The fourth-order valence-electron chi connectivity index (χ4n) is 5.90. The minimum atomic E-state index is -0.827. The van der Waals surface area contributed by atoms with Crippen molar-refractivity contribution in [3.05, 3.63) is 106 Å². The van der Waals surface area contributed by atoms with Crippen molar-refractivity contribution in [3.8, 4) is 11.3 Å². The fourth-order valence-corrected chi connectivity index (χ4v) is 6.07. The molecule has 3 heterocycles. The van der Waals surface area contributed by atoms with Crippen molar-refractivity contribution in [2.75, 3.05) is 32.5 Å². The summed E-state index contributed by atoms with van der Waals surface area (Å²) in [6.45, 7) is 0.934. The molecule has 12 heteroatoms. The summed E-state index contributed by atoms with van der Waals surface area (Å²) in [4.78, 5) is 41.4. The lowest BCUT2D eigenvalue weighted by Crippen LogP contribution is -2.64. The van der Waals surface area contributed by atoms with E-state index in [4.69, 9.17) is 16.6 Å². The van der Waals surface area contributed by atoms with Crippen LogP contribution < -0.4 is 16.0 Å². The van der Waals surface area contributed by atoms with Gasteiger partial charge < -0.3 is 20.9 Å². The average molecular weight is 630 g/mol. The van der Waals surface area contributed by atoms with Gasteiger partial charge in [0.25, 0.3) is 5.91 Å². The van der Waals surface area contributed by atoms with Crippen LogP contribution in [0.4, 0.5) is 20.4 Å². The number of carbonyl (C=O) groups is 2. The van der Waals surface area contributed by atoms with Crippen molar-refractivity contribution < 1.29 is 18.4 Å². The number of likely N-dealkylation sites (N-methyl/N-ethyl adjacent to an activating group) is 2. The van der Waals surface area contributed by atoms with Gasteiger partial charge in [-0.1, -0.05) is 23.7 Å². The van der Waals surface area contributed by atoms with Crippen molar-refractivity contribution in [3.63, 3.8) is 0 Å². The lowest BCUT2D eigenvalue weighted by atomic mass is 9.87. The molecule has 1 aromatic heterocycles. The van der Waals surface area contributed by atoms with Crippen molar-refractivity contribution in [1.82, 2.24) is 25.5 Å². The zero-order valence-corrected chi connectivity index (χ0v) is 25.4. The minimum Gasteiger partial charge on any atom is -0.358 e. The highest BCUT2D eigenvalue weighted by Crippen LogP contribution is 2.35. The Balaban J connectivity index is 1.25. The summed E-state index contributed by atoms with van der Waals surface area (Å²) in [5.74, 6) is -1.48. The van der Waals surface area contributed by atoms with E-state index >= 15 is 0 Å². The predicted molar refractivity (Wildman–Crippen MR) is 169 cm³/mol. The molecule has 3 aromatic carbocycles. The van der Waals surface area contributed by atoms with E-state index in [-0.39, 0.29) is 42.1 Å². The average Bonchev–Trinajstić information content (AvgIpc) is 3.20. The summed E-state index contributed by atoms with van der Waals surface area (Å²) in [6.07, 6.45) is 2.97. The largest absolute Gasteiger partial charge is 0.358 e. The molecule has 45 heavy (non-hydrogen) atoms. The molecule has 1 fully saturated rings. The van der Waals surface area contributed by atoms with E-state index in [0.29, 0.717) is 58.0 Å². The summed E-state index contributed by atoms with van der Waals surface area (Å²) >= 11 is 6.32. The minimum absolute atomic E-state index is 0.104. The SMILES string of the molecule is CNC(=O)C1(NC)CCCN(C(=O)c2ccc(Nc3ncc4c(n3)-c3ccc(Cl)cc3C(c3c(F)cccc3F)=NC4)cc2)C1. The molecule has 230 valence electrons. The van der Waals surface area contributed by atoms with Gasteiger partial charge in [0.2, 0.25) is 11.9 Å². The summed E-state index contributed by atoms with van der Waals surface area (Å²) in [5, 5.41) is 9.38. The third-order valence-corrected chi connectivity index (χ3v) is 8.51. The first-order valence-electron chi connectivity index (χ1n) is 14.5. The van der Waals surface area contributed by atoms with Gasteiger partial charge in [-0.25, -0.2) is 18.7 Å². The molecule has 1 unspecified atom stereocenters. The van der Waals surface area contributed by atoms with Gasteiger partial charge in [0.15, 0.2) is 0 Å². The third-order valence-electron chi connectivity index (χ3n) is 8.27. The number of anilines is 2. The number of nitrogens with zero attached hydrogens (tertiary/aromatic N) is 4. The maximum Gasteiger partial charge on any atom is 0.253 e. The lowest BCUT2D eigenvalue weighted by Gasteiger charge is -2.41. The molecule has 1 atom stereocenters. The van der Waals surface area contributed by atoms with Crippen LogP contribution in [0.1, 0.15) is 39.9 Å². The normalized spacial score (nSPS) is 17.4. The maximum absolute atomic E-state index is 14.8. The first-order chi connectivity index (χ1) is 21.7. The highest BCUT2D eigenvalue weighted by atomic mass is 35.5. The number of nitrogens with one attached hydrogen (secondary N) is 3. The van der Waals surface area contributed by atoms with Crippen molar-refractivity contribution in [2.24, 2.45) is 4.99 Å². The molecule has 0 aliphatic carbocycles. The van der Waals surface area contributed by atoms with Gasteiger partial charge in [-0.2, -0.15) is 0 Å². The van der Waals surface area contributed by atoms with Crippen LogP contribution in [0.25, 0.3) is 11.3 Å². The predicted octanol–water partition coefficient (Wildman–Crippen LogP) is 5.11. The van der Waals surface area contributed by atoms with Crippen LogP contribution in [0.3, 0.4) is 0 Å².